The normalized spacial score (nSPS) is 11.8. The maximum atomic E-state index is 10.0. The molecular formula is C62H58O4. The first-order valence-corrected chi connectivity index (χ1v) is 23.1. The molecule has 2 N–H and O–H groups in total. The molecule has 9 rings (SSSR count). The van der Waals surface area contributed by atoms with Crippen LogP contribution in [0.3, 0.4) is 0 Å². The van der Waals surface area contributed by atoms with Gasteiger partial charge in [0.2, 0.25) is 0 Å². The molecule has 9 aromatic rings. The first-order valence-electron chi connectivity index (χ1n) is 23.1. The number of aliphatic hydroxyl groups excluding tert-OH is 2. The molecule has 0 amide bonds. The number of rotatable bonds is 16. The molecule has 0 bridgehead atoms. The van der Waals surface area contributed by atoms with Gasteiger partial charge in [0.15, 0.2) is 0 Å². The Labute approximate surface area is 389 Å². The molecule has 0 unspecified atom stereocenters. The van der Waals surface area contributed by atoms with Gasteiger partial charge in [-0.1, -0.05) is 198 Å². The molecule has 0 atom stereocenters. The van der Waals surface area contributed by atoms with Gasteiger partial charge in [-0.3, -0.25) is 0 Å². The number of ether oxygens (including phenoxy) is 2. The molecule has 9 aromatic carbocycles. The molecule has 0 aliphatic carbocycles. The highest BCUT2D eigenvalue weighted by atomic mass is 16.5. The van der Waals surface area contributed by atoms with E-state index in [2.05, 4.69) is 222 Å². The van der Waals surface area contributed by atoms with Gasteiger partial charge in [-0.25, -0.2) is 0 Å². The lowest BCUT2D eigenvalue weighted by atomic mass is 9.72. The summed E-state index contributed by atoms with van der Waals surface area (Å²) < 4.78 is 13.0. The van der Waals surface area contributed by atoms with Gasteiger partial charge in [0.05, 0.1) is 13.2 Å². The van der Waals surface area contributed by atoms with Crippen molar-refractivity contribution < 1.29 is 19.7 Å². The van der Waals surface area contributed by atoms with Gasteiger partial charge in [-0.2, -0.15) is 0 Å². The highest BCUT2D eigenvalue weighted by molar-refractivity contribution is 5.90. The Morgan fingerprint density at radius 3 is 1.17 bits per heavy atom. The number of hydrogen-bond acceptors (Lipinski definition) is 4. The van der Waals surface area contributed by atoms with Crippen LogP contribution in [0.4, 0.5) is 0 Å². The summed E-state index contributed by atoms with van der Waals surface area (Å²) in [5, 5.41) is 24.7. The van der Waals surface area contributed by atoms with Crippen molar-refractivity contribution in [3.63, 3.8) is 0 Å². The molecule has 0 saturated heterocycles. The third kappa shape index (κ3) is 9.26. The lowest BCUT2D eigenvalue weighted by molar-refractivity contribution is 0.201. The Morgan fingerprint density at radius 1 is 0.364 bits per heavy atom. The first kappa shape index (κ1) is 44.2. The van der Waals surface area contributed by atoms with E-state index in [0.29, 0.717) is 12.8 Å². The minimum absolute atomic E-state index is 0.0757. The van der Waals surface area contributed by atoms with E-state index in [-0.39, 0.29) is 26.4 Å². The Balaban J connectivity index is 1.18. The van der Waals surface area contributed by atoms with Gasteiger partial charge >= 0.3 is 0 Å². The predicted molar refractivity (Wildman–Crippen MR) is 273 cm³/mol. The van der Waals surface area contributed by atoms with Crippen LogP contribution in [-0.2, 0) is 23.7 Å². The van der Waals surface area contributed by atoms with Crippen LogP contribution in [0, 0.1) is 0 Å². The van der Waals surface area contributed by atoms with Crippen molar-refractivity contribution >= 4 is 21.5 Å². The summed E-state index contributed by atoms with van der Waals surface area (Å²) in [6.07, 6.45) is 1.37. The Morgan fingerprint density at radius 2 is 0.758 bits per heavy atom. The number of fused-ring (bicyclic) bond motifs is 2. The van der Waals surface area contributed by atoms with E-state index in [1.165, 1.54) is 44.2 Å². The second-order valence-corrected chi connectivity index (χ2v) is 18.4. The summed E-state index contributed by atoms with van der Waals surface area (Å²) in [5.74, 6) is 1.61. The zero-order valence-electron chi connectivity index (χ0n) is 38.4. The van der Waals surface area contributed by atoms with Crippen molar-refractivity contribution in [2.75, 3.05) is 26.4 Å². The van der Waals surface area contributed by atoms with E-state index in [4.69, 9.17) is 9.47 Å². The van der Waals surface area contributed by atoms with Crippen LogP contribution in [0.15, 0.2) is 194 Å². The highest BCUT2D eigenvalue weighted by Crippen LogP contribution is 2.45. The molecule has 0 spiro atoms. The maximum Gasteiger partial charge on any atom is 0.130 e. The molecule has 0 aliphatic rings. The second-order valence-electron chi connectivity index (χ2n) is 18.4. The average Bonchev–Trinajstić information content (AvgIpc) is 3.35. The zero-order valence-corrected chi connectivity index (χ0v) is 38.4. The van der Waals surface area contributed by atoms with Gasteiger partial charge in [0.1, 0.15) is 24.7 Å². The summed E-state index contributed by atoms with van der Waals surface area (Å²) in [5.41, 5.74) is 12.6. The molecule has 0 aliphatic heterocycles. The van der Waals surface area contributed by atoms with Crippen molar-refractivity contribution in [2.24, 2.45) is 0 Å². The molecule has 0 fully saturated rings. The fourth-order valence-electron chi connectivity index (χ4n) is 9.40. The molecule has 0 aromatic heterocycles. The zero-order chi connectivity index (χ0) is 45.7. The maximum absolute atomic E-state index is 10.0. The van der Waals surface area contributed by atoms with E-state index in [0.717, 1.165) is 55.7 Å². The predicted octanol–water partition coefficient (Wildman–Crippen LogP) is 13.9. The molecule has 4 nitrogen and oxygen atoms in total. The van der Waals surface area contributed by atoms with Crippen LogP contribution < -0.4 is 9.47 Å². The molecule has 330 valence electrons. The molecule has 4 heteroatoms. The van der Waals surface area contributed by atoms with Crippen molar-refractivity contribution in [1.82, 2.24) is 0 Å². The standard InChI is InChI=1S/C62H58O4/c1-61(2,55-38-51(34-43-16-7-5-8-17-43)59(65-32-30-63)57(41-55)49-28-26-45-20-11-13-22-47(45)36-49)53-24-15-25-54(40-53)62(3,4)56-39-52(35-44-18-9-6-10-19-44)60(66-33-31-64)58(42-56)50-29-27-46-21-12-14-23-48(46)37-50/h5-29,36-42,63-64H,30-35H2,1-4H3. The highest BCUT2D eigenvalue weighted by Gasteiger charge is 2.31. The number of hydrogen-bond donors (Lipinski definition) is 2. The van der Waals surface area contributed by atoms with Crippen molar-refractivity contribution in [1.29, 1.82) is 0 Å². The largest absolute Gasteiger partial charge is 0.490 e. The molecule has 0 saturated carbocycles. The number of benzene rings is 9. The topological polar surface area (TPSA) is 58.9 Å². The van der Waals surface area contributed by atoms with E-state index < -0.39 is 10.8 Å². The Bertz CT molecular complexity index is 2900. The third-order valence-corrected chi connectivity index (χ3v) is 13.4. The second kappa shape index (κ2) is 19.2. The third-order valence-electron chi connectivity index (χ3n) is 13.4. The first-order chi connectivity index (χ1) is 32.1. The van der Waals surface area contributed by atoms with E-state index >= 15 is 0 Å². The summed E-state index contributed by atoms with van der Waals surface area (Å²) in [6.45, 7) is 9.54. The fourth-order valence-corrected chi connectivity index (χ4v) is 9.40. The summed E-state index contributed by atoms with van der Waals surface area (Å²) in [6, 6.07) is 69.6. The van der Waals surface area contributed by atoms with Gasteiger partial charge in [-0.05, 0) is 101 Å². The SMILES string of the molecule is CC(C)(c1cccc(C(C)(C)c2cc(Cc3ccccc3)c(OCCO)c(-c3ccc4ccccc4c3)c2)c1)c1cc(Cc2ccccc2)c(OCCO)c(-c2ccc3ccccc3c2)c1. The van der Waals surface area contributed by atoms with Crippen LogP contribution in [0.25, 0.3) is 43.8 Å². The van der Waals surface area contributed by atoms with Crippen LogP contribution in [0.5, 0.6) is 11.5 Å². The van der Waals surface area contributed by atoms with Crippen LogP contribution >= 0.6 is 0 Å². The summed E-state index contributed by atoms with van der Waals surface area (Å²) in [7, 11) is 0. The minimum Gasteiger partial charge on any atom is -0.490 e. The lowest BCUT2D eigenvalue weighted by Crippen LogP contribution is -2.24. The van der Waals surface area contributed by atoms with E-state index in [9.17, 15) is 10.2 Å². The Kier molecular flexibility index (Phi) is 12.9. The van der Waals surface area contributed by atoms with Gasteiger partial charge in [-0.15, -0.1) is 0 Å². The van der Waals surface area contributed by atoms with Crippen LogP contribution in [0.1, 0.15) is 72.2 Å². The molecular weight excluding hydrogens is 809 g/mol. The average molecular weight is 867 g/mol. The fraction of sp³-hybridized carbons (Fsp3) is 0.194. The van der Waals surface area contributed by atoms with Gasteiger partial charge in [0, 0.05) is 34.8 Å². The van der Waals surface area contributed by atoms with Crippen LogP contribution in [0.2, 0.25) is 0 Å². The van der Waals surface area contributed by atoms with Crippen molar-refractivity contribution in [3.05, 3.63) is 239 Å². The van der Waals surface area contributed by atoms with E-state index in [1.54, 1.807) is 0 Å². The van der Waals surface area contributed by atoms with Gasteiger partial charge < -0.3 is 19.7 Å². The monoisotopic (exact) mass is 866 g/mol. The molecule has 0 heterocycles. The minimum atomic E-state index is -0.421. The van der Waals surface area contributed by atoms with Gasteiger partial charge in [0.25, 0.3) is 0 Å². The quantitative estimate of drug-likeness (QED) is 0.102. The molecule has 0 radical (unpaired) electrons. The van der Waals surface area contributed by atoms with Crippen molar-refractivity contribution in [3.8, 4) is 33.8 Å². The summed E-state index contributed by atoms with van der Waals surface area (Å²) in [4.78, 5) is 0. The Hall–Kier alpha value is -6.98. The molecule has 66 heavy (non-hydrogen) atoms. The smallest absolute Gasteiger partial charge is 0.130 e. The van der Waals surface area contributed by atoms with Crippen molar-refractivity contribution in [2.45, 2.75) is 51.4 Å². The summed E-state index contributed by atoms with van der Waals surface area (Å²) >= 11 is 0. The van der Waals surface area contributed by atoms with Crippen LogP contribution in [-0.4, -0.2) is 36.6 Å². The van der Waals surface area contributed by atoms with E-state index in [1.807, 2.05) is 0 Å². The lowest BCUT2D eigenvalue weighted by Gasteiger charge is -2.32. The number of aliphatic hydroxyl groups is 2.